The molecule has 0 amide bonds. The Morgan fingerprint density at radius 3 is 2.31 bits per heavy atom. The van der Waals surface area contributed by atoms with Crippen LogP contribution in [0.3, 0.4) is 0 Å². The minimum absolute atomic E-state index is 0.0222. The van der Waals surface area contributed by atoms with E-state index in [0.717, 1.165) is 0 Å². The van der Waals surface area contributed by atoms with Gasteiger partial charge in [0.2, 0.25) is 5.54 Å². The smallest absolute Gasteiger partial charge is 0.417 e. The van der Waals surface area contributed by atoms with Gasteiger partial charge in [-0.1, -0.05) is 0 Å². The minimum Gasteiger partial charge on any atom is -0.480 e. The molecular weight excluding hydrogens is 227 g/mol. The van der Waals surface area contributed by atoms with Crippen LogP contribution in [0, 0.1) is 0 Å². The highest BCUT2D eigenvalue weighted by atomic mass is 19.4. The molecule has 2 N–H and O–H groups in total. The number of ether oxygens (including phenoxy) is 1. The van der Waals surface area contributed by atoms with E-state index in [1.165, 1.54) is 7.11 Å². The van der Waals surface area contributed by atoms with Crippen LogP contribution in [-0.2, 0) is 9.53 Å². The molecule has 0 bridgehead atoms. The number of hydrogen-bond donors (Lipinski definition) is 2. The lowest BCUT2D eigenvalue weighted by Gasteiger charge is -2.28. The van der Waals surface area contributed by atoms with Crippen LogP contribution in [0.25, 0.3) is 0 Å². The van der Waals surface area contributed by atoms with Gasteiger partial charge in [0.1, 0.15) is 0 Å². The zero-order valence-electron chi connectivity index (χ0n) is 9.23. The molecule has 1 unspecified atom stereocenters. The molecule has 0 spiro atoms. The third-order valence-corrected chi connectivity index (χ3v) is 2.25. The number of unbranched alkanes of at least 4 members (excludes halogenated alkanes) is 1. The monoisotopic (exact) mass is 243 g/mol. The molecule has 0 aliphatic carbocycles. The Hall–Kier alpha value is -0.820. The van der Waals surface area contributed by atoms with Gasteiger partial charge in [-0.25, -0.2) is 4.79 Å². The van der Waals surface area contributed by atoms with Crippen molar-refractivity contribution in [3.8, 4) is 0 Å². The first-order chi connectivity index (χ1) is 7.25. The van der Waals surface area contributed by atoms with Crippen LogP contribution in [-0.4, -0.2) is 43.1 Å². The summed E-state index contributed by atoms with van der Waals surface area (Å²) in [7, 11) is 1.49. The van der Waals surface area contributed by atoms with E-state index in [0.29, 0.717) is 26.4 Å². The van der Waals surface area contributed by atoms with E-state index in [-0.39, 0.29) is 6.54 Å². The van der Waals surface area contributed by atoms with E-state index in [9.17, 15) is 18.0 Å². The molecule has 7 heteroatoms. The van der Waals surface area contributed by atoms with Crippen molar-refractivity contribution in [1.29, 1.82) is 0 Å². The maximum Gasteiger partial charge on any atom is 0.417 e. The highest BCUT2D eigenvalue weighted by Crippen LogP contribution is 2.30. The van der Waals surface area contributed by atoms with Gasteiger partial charge in [0, 0.05) is 13.7 Å². The zero-order chi connectivity index (χ0) is 12.8. The fourth-order valence-electron chi connectivity index (χ4n) is 1.01. The number of halogens is 3. The van der Waals surface area contributed by atoms with Crippen molar-refractivity contribution in [2.75, 3.05) is 20.3 Å². The fraction of sp³-hybridized carbons (Fsp3) is 0.889. The molecule has 4 nitrogen and oxygen atoms in total. The molecule has 0 aliphatic rings. The Bertz CT molecular complexity index is 233. The third-order valence-electron chi connectivity index (χ3n) is 2.25. The molecule has 0 radical (unpaired) electrons. The molecule has 0 fully saturated rings. The number of carboxylic acids is 1. The van der Waals surface area contributed by atoms with E-state index in [1.807, 2.05) is 5.32 Å². The SMILES string of the molecule is COCCCCNC(C)(C(=O)O)C(F)(F)F. The van der Waals surface area contributed by atoms with Gasteiger partial charge in [0.25, 0.3) is 0 Å². The lowest BCUT2D eigenvalue weighted by molar-refractivity contribution is -0.205. The average molecular weight is 243 g/mol. The Balaban J connectivity index is 4.21. The molecule has 0 aromatic heterocycles. The van der Waals surface area contributed by atoms with Crippen LogP contribution in [0.5, 0.6) is 0 Å². The van der Waals surface area contributed by atoms with E-state index < -0.39 is 17.7 Å². The van der Waals surface area contributed by atoms with Crippen LogP contribution in [0.1, 0.15) is 19.8 Å². The average Bonchev–Trinajstić information content (AvgIpc) is 2.15. The maximum atomic E-state index is 12.5. The Morgan fingerprint density at radius 1 is 1.38 bits per heavy atom. The van der Waals surface area contributed by atoms with Crippen molar-refractivity contribution in [3.05, 3.63) is 0 Å². The summed E-state index contributed by atoms with van der Waals surface area (Å²) in [5, 5.41) is 10.6. The second kappa shape index (κ2) is 6.05. The second-order valence-electron chi connectivity index (χ2n) is 3.55. The highest BCUT2D eigenvalue weighted by Gasteiger charge is 2.56. The molecule has 96 valence electrons. The molecule has 1 atom stereocenters. The summed E-state index contributed by atoms with van der Waals surface area (Å²) in [4.78, 5) is 10.6. The van der Waals surface area contributed by atoms with Crippen LogP contribution in [0.15, 0.2) is 0 Å². The standard InChI is InChI=1S/C9H16F3NO3/c1-8(7(14)15,9(10,11)12)13-5-3-4-6-16-2/h13H,3-6H2,1-2H3,(H,14,15). The summed E-state index contributed by atoms with van der Waals surface area (Å²) in [5.74, 6) is -1.92. The number of nitrogens with one attached hydrogen (secondary N) is 1. The van der Waals surface area contributed by atoms with Crippen molar-refractivity contribution in [1.82, 2.24) is 5.32 Å². The van der Waals surface area contributed by atoms with E-state index in [2.05, 4.69) is 0 Å². The second-order valence-corrected chi connectivity index (χ2v) is 3.55. The van der Waals surface area contributed by atoms with Gasteiger partial charge >= 0.3 is 12.1 Å². The van der Waals surface area contributed by atoms with Crippen LogP contribution in [0.2, 0.25) is 0 Å². The molecule has 0 rings (SSSR count). The molecule has 0 aliphatic heterocycles. The molecule has 0 heterocycles. The van der Waals surface area contributed by atoms with Crippen molar-refractivity contribution in [2.24, 2.45) is 0 Å². The maximum absolute atomic E-state index is 12.5. The van der Waals surface area contributed by atoms with E-state index in [1.54, 1.807) is 0 Å². The topological polar surface area (TPSA) is 58.6 Å². The number of hydrogen-bond acceptors (Lipinski definition) is 3. The van der Waals surface area contributed by atoms with Gasteiger partial charge in [0.15, 0.2) is 0 Å². The van der Waals surface area contributed by atoms with Crippen LogP contribution >= 0.6 is 0 Å². The first kappa shape index (κ1) is 15.2. The lowest BCUT2D eigenvalue weighted by Crippen LogP contribution is -2.60. The Kier molecular flexibility index (Phi) is 5.74. The third kappa shape index (κ3) is 3.97. The van der Waals surface area contributed by atoms with Crippen LogP contribution in [0.4, 0.5) is 13.2 Å². The summed E-state index contributed by atoms with van der Waals surface area (Å²) in [6.45, 7) is 1.04. The molecule has 0 aromatic carbocycles. The van der Waals surface area contributed by atoms with Crippen molar-refractivity contribution < 1.29 is 27.8 Å². The lowest BCUT2D eigenvalue weighted by atomic mass is 10.0. The molecular formula is C9H16F3NO3. The minimum atomic E-state index is -4.82. The van der Waals surface area contributed by atoms with Gasteiger partial charge in [-0.15, -0.1) is 0 Å². The first-order valence-corrected chi connectivity index (χ1v) is 4.80. The van der Waals surface area contributed by atoms with Crippen LogP contribution < -0.4 is 5.32 Å². The van der Waals surface area contributed by atoms with Crippen molar-refractivity contribution >= 4 is 5.97 Å². The number of alkyl halides is 3. The number of methoxy groups -OCH3 is 1. The number of carbonyl (C=O) groups is 1. The number of carboxylic acid groups (broad SMARTS) is 1. The number of aliphatic carboxylic acids is 1. The molecule has 0 saturated carbocycles. The van der Waals surface area contributed by atoms with Gasteiger partial charge in [-0.3, -0.25) is 5.32 Å². The summed E-state index contributed by atoms with van der Waals surface area (Å²) in [6, 6.07) is 0. The zero-order valence-corrected chi connectivity index (χ0v) is 9.23. The highest BCUT2D eigenvalue weighted by molar-refractivity contribution is 5.79. The summed E-state index contributed by atoms with van der Waals surface area (Å²) in [5.41, 5.74) is -2.89. The van der Waals surface area contributed by atoms with Crippen molar-refractivity contribution in [3.63, 3.8) is 0 Å². The van der Waals surface area contributed by atoms with E-state index >= 15 is 0 Å². The Labute approximate surface area is 91.8 Å². The van der Waals surface area contributed by atoms with Gasteiger partial charge in [0.05, 0.1) is 0 Å². The number of rotatable bonds is 7. The predicted molar refractivity (Wildman–Crippen MR) is 51.2 cm³/mol. The Morgan fingerprint density at radius 2 is 1.94 bits per heavy atom. The molecule has 0 saturated heterocycles. The van der Waals surface area contributed by atoms with Gasteiger partial charge < -0.3 is 9.84 Å². The summed E-state index contributed by atoms with van der Waals surface area (Å²) in [6.07, 6.45) is -3.82. The molecule has 16 heavy (non-hydrogen) atoms. The molecule has 0 aromatic rings. The van der Waals surface area contributed by atoms with Gasteiger partial charge in [-0.05, 0) is 26.3 Å². The quantitative estimate of drug-likeness (QED) is 0.664. The van der Waals surface area contributed by atoms with Gasteiger partial charge in [-0.2, -0.15) is 13.2 Å². The van der Waals surface area contributed by atoms with E-state index in [4.69, 9.17) is 9.84 Å². The summed E-state index contributed by atoms with van der Waals surface area (Å²) >= 11 is 0. The normalized spacial score (nSPS) is 15.8. The fourth-order valence-corrected chi connectivity index (χ4v) is 1.01. The van der Waals surface area contributed by atoms with Crippen molar-refractivity contribution in [2.45, 2.75) is 31.5 Å². The first-order valence-electron chi connectivity index (χ1n) is 4.80. The predicted octanol–water partition coefficient (Wildman–Crippen LogP) is 1.41. The largest absolute Gasteiger partial charge is 0.480 e. The summed E-state index contributed by atoms with van der Waals surface area (Å²) < 4.78 is 42.1.